The van der Waals surface area contributed by atoms with E-state index in [1.807, 2.05) is 4.90 Å². The fraction of sp³-hybridized carbons (Fsp3) is 0.933. The molecule has 0 spiro atoms. The van der Waals surface area contributed by atoms with Gasteiger partial charge in [0.25, 0.3) is 0 Å². The van der Waals surface area contributed by atoms with Crippen LogP contribution in [0.5, 0.6) is 0 Å². The number of carbonyl (C=O) groups excluding carboxylic acids is 1. The van der Waals surface area contributed by atoms with Crippen LogP contribution in [0.4, 0.5) is 0 Å². The quantitative estimate of drug-likeness (QED) is 0.668. The highest BCUT2D eigenvalue weighted by atomic mass is 32.2. The number of rotatable bonds is 6. The van der Waals surface area contributed by atoms with Gasteiger partial charge in [-0.15, -0.1) is 0 Å². The van der Waals surface area contributed by atoms with E-state index in [1.54, 1.807) is 0 Å². The van der Waals surface area contributed by atoms with Crippen LogP contribution in [0.3, 0.4) is 0 Å². The second-order valence-corrected chi connectivity index (χ2v) is 8.33. The zero-order valence-electron chi connectivity index (χ0n) is 14.2. The largest absolute Gasteiger partial charge is 0.384 e. The summed E-state index contributed by atoms with van der Waals surface area (Å²) in [4.78, 5) is 16.9. The molecule has 0 N–H and O–H groups in total. The Labute approximate surface area is 139 Å². The molecule has 2 aliphatic rings. The van der Waals surface area contributed by atoms with Gasteiger partial charge in [0.15, 0.2) is 0 Å². The molecule has 8 heteroatoms. The molecule has 2 fully saturated rings. The fourth-order valence-electron chi connectivity index (χ4n) is 3.24. The van der Waals surface area contributed by atoms with Gasteiger partial charge in [0, 0.05) is 52.3 Å². The molecule has 0 saturated carbocycles. The van der Waals surface area contributed by atoms with Crippen molar-refractivity contribution in [3.05, 3.63) is 0 Å². The van der Waals surface area contributed by atoms with Crippen molar-refractivity contribution in [2.75, 3.05) is 65.3 Å². The van der Waals surface area contributed by atoms with Crippen LogP contribution in [0.1, 0.15) is 19.8 Å². The van der Waals surface area contributed by atoms with Crippen molar-refractivity contribution in [3.63, 3.8) is 0 Å². The molecule has 0 radical (unpaired) electrons. The summed E-state index contributed by atoms with van der Waals surface area (Å²) in [5, 5.41) is 0. The highest BCUT2D eigenvalue weighted by Gasteiger charge is 2.33. The minimum Gasteiger partial charge on any atom is -0.384 e. The van der Waals surface area contributed by atoms with Gasteiger partial charge in [0.2, 0.25) is 15.9 Å². The zero-order chi connectivity index (χ0) is 16.9. The van der Waals surface area contributed by atoms with Crippen molar-refractivity contribution in [3.8, 4) is 0 Å². The van der Waals surface area contributed by atoms with Crippen LogP contribution in [-0.2, 0) is 19.6 Å². The third-order valence-electron chi connectivity index (χ3n) is 4.87. The van der Waals surface area contributed by atoms with E-state index >= 15 is 0 Å². The van der Waals surface area contributed by atoms with E-state index in [2.05, 4.69) is 11.8 Å². The molecule has 0 aliphatic carbocycles. The molecule has 0 aromatic heterocycles. The maximum absolute atomic E-state index is 12.6. The maximum Gasteiger partial charge on any atom is 0.225 e. The summed E-state index contributed by atoms with van der Waals surface area (Å²) < 4.78 is 30.6. The number of methoxy groups -OCH3 is 1. The number of amides is 1. The van der Waals surface area contributed by atoms with Crippen LogP contribution in [0.25, 0.3) is 0 Å². The monoisotopic (exact) mass is 347 g/mol. The van der Waals surface area contributed by atoms with Gasteiger partial charge in [-0.25, -0.2) is 12.7 Å². The second-order valence-electron chi connectivity index (χ2n) is 6.24. The molecule has 0 aromatic rings. The lowest BCUT2D eigenvalue weighted by Crippen LogP contribution is -2.51. The lowest BCUT2D eigenvalue weighted by atomic mass is 9.96. The van der Waals surface area contributed by atoms with Crippen molar-refractivity contribution in [2.24, 2.45) is 5.92 Å². The van der Waals surface area contributed by atoms with Crippen molar-refractivity contribution in [1.82, 2.24) is 14.1 Å². The summed E-state index contributed by atoms with van der Waals surface area (Å²) in [5.41, 5.74) is 0. The van der Waals surface area contributed by atoms with Gasteiger partial charge >= 0.3 is 0 Å². The normalized spacial score (nSPS) is 22.4. The van der Waals surface area contributed by atoms with E-state index in [-0.39, 0.29) is 24.2 Å². The average molecular weight is 347 g/mol. The summed E-state index contributed by atoms with van der Waals surface area (Å²) in [6, 6.07) is 0. The lowest BCUT2D eigenvalue weighted by Gasteiger charge is -2.38. The van der Waals surface area contributed by atoms with Gasteiger partial charge < -0.3 is 14.5 Å². The number of hydrogen-bond donors (Lipinski definition) is 0. The SMILES string of the molecule is CCN1CCN(C(=O)C2CCN(S(=O)(=O)CCOC)CC2)CC1. The van der Waals surface area contributed by atoms with Gasteiger partial charge in [-0.3, -0.25) is 4.79 Å². The molecular formula is C15H29N3O4S. The predicted molar refractivity (Wildman–Crippen MR) is 88.7 cm³/mol. The van der Waals surface area contributed by atoms with Crippen LogP contribution in [0, 0.1) is 5.92 Å². The highest BCUT2D eigenvalue weighted by Crippen LogP contribution is 2.22. The Morgan fingerprint density at radius 2 is 1.70 bits per heavy atom. The van der Waals surface area contributed by atoms with Crippen LogP contribution in [0.15, 0.2) is 0 Å². The van der Waals surface area contributed by atoms with Gasteiger partial charge in [0.1, 0.15) is 0 Å². The minimum absolute atomic E-state index is 0.0150. The number of ether oxygens (including phenoxy) is 1. The number of carbonyl (C=O) groups is 1. The third-order valence-corrected chi connectivity index (χ3v) is 6.71. The first-order chi connectivity index (χ1) is 11.0. The van der Waals surface area contributed by atoms with Gasteiger partial charge in [0.05, 0.1) is 12.4 Å². The molecule has 2 saturated heterocycles. The third kappa shape index (κ3) is 4.89. The van der Waals surface area contributed by atoms with Crippen LogP contribution in [-0.4, -0.2) is 93.7 Å². The van der Waals surface area contributed by atoms with Gasteiger partial charge in [-0.05, 0) is 19.4 Å². The predicted octanol–water partition coefficient (Wildman–Crippen LogP) is -0.161. The van der Waals surface area contributed by atoms with E-state index in [4.69, 9.17) is 4.74 Å². The van der Waals surface area contributed by atoms with Crippen molar-refractivity contribution < 1.29 is 17.9 Å². The average Bonchev–Trinajstić information content (AvgIpc) is 2.59. The number of sulfonamides is 1. The Morgan fingerprint density at radius 1 is 1.09 bits per heavy atom. The molecule has 0 aromatic carbocycles. The summed E-state index contributed by atoms with van der Waals surface area (Å²) in [5.74, 6) is 0.188. The Balaban J connectivity index is 1.81. The zero-order valence-corrected chi connectivity index (χ0v) is 15.1. The van der Waals surface area contributed by atoms with E-state index in [0.717, 1.165) is 32.7 Å². The van der Waals surface area contributed by atoms with Crippen molar-refractivity contribution in [2.45, 2.75) is 19.8 Å². The molecule has 23 heavy (non-hydrogen) atoms. The Bertz CT molecular complexity index is 481. The van der Waals surface area contributed by atoms with Crippen molar-refractivity contribution in [1.29, 1.82) is 0 Å². The Kier molecular flexibility index (Phi) is 6.82. The minimum atomic E-state index is -3.25. The summed E-state index contributed by atoms with van der Waals surface area (Å²) in [7, 11) is -1.75. The van der Waals surface area contributed by atoms with E-state index in [0.29, 0.717) is 25.9 Å². The first-order valence-corrected chi connectivity index (χ1v) is 10.1. The number of nitrogens with zero attached hydrogens (tertiary/aromatic N) is 3. The lowest BCUT2D eigenvalue weighted by molar-refractivity contribution is -0.138. The van der Waals surface area contributed by atoms with Crippen molar-refractivity contribution >= 4 is 15.9 Å². The molecule has 0 unspecified atom stereocenters. The first kappa shape index (κ1) is 18.6. The summed E-state index contributed by atoms with van der Waals surface area (Å²) in [6.07, 6.45) is 1.25. The molecule has 134 valence electrons. The van der Waals surface area contributed by atoms with Crippen LogP contribution < -0.4 is 0 Å². The van der Waals surface area contributed by atoms with E-state index in [9.17, 15) is 13.2 Å². The van der Waals surface area contributed by atoms with Crippen LogP contribution >= 0.6 is 0 Å². The molecule has 0 bridgehead atoms. The molecule has 2 heterocycles. The number of hydrogen-bond acceptors (Lipinski definition) is 5. The molecule has 1 amide bonds. The summed E-state index contributed by atoms with van der Waals surface area (Å²) >= 11 is 0. The molecule has 0 atom stereocenters. The smallest absolute Gasteiger partial charge is 0.225 e. The molecule has 2 aliphatic heterocycles. The number of piperazine rings is 1. The standard InChI is InChI=1S/C15H29N3O4S/c1-3-16-8-10-17(11-9-16)15(19)14-4-6-18(7-5-14)23(20,21)13-12-22-2/h14H,3-13H2,1-2H3. The number of likely N-dealkylation sites (N-methyl/N-ethyl adjacent to an activating group) is 1. The molecular weight excluding hydrogens is 318 g/mol. The molecule has 7 nitrogen and oxygen atoms in total. The Hall–Kier alpha value is -0.700. The maximum atomic E-state index is 12.6. The van der Waals surface area contributed by atoms with Gasteiger partial charge in [-0.2, -0.15) is 0 Å². The van der Waals surface area contributed by atoms with E-state index in [1.165, 1.54) is 11.4 Å². The first-order valence-electron chi connectivity index (χ1n) is 8.46. The topological polar surface area (TPSA) is 70.2 Å². The van der Waals surface area contributed by atoms with E-state index < -0.39 is 10.0 Å². The van der Waals surface area contributed by atoms with Crippen LogP contribution in [0.2, 0.25) is 0 Å². The fourth-order valence-corrected chi connectivity index (χ4v) is 4.64. The highest BCUT2D eigenvalue weighted by molar-refractivity contribution is 7.89. The Morgan fingerprint density at radius 3 is 2.22 bits per heavy atom. The number of piperidine rings is 1. The second kappa shape index (κ2) is 8.41. The van der Waals surface area contributed by atoms with Gasteiger partial charge in [-0.1, -0.05) is 6.92 Å². The molecule has 2 rings (SSSR count). The summed E-state index contributed by atoms with van der Waals surface area (Å²) in [6.45, 7) is 7.71.